The summed E-state index contributed by atoms with van der Waals surface area (Å²) < 4.78 is 18.5. The third-order valence-corrected chi connectivity index (χ3v) is 4.70. The van der Waals surface area contributed by atoms with Gasteiger partial charge in [-0.15, -0.1) is 11.8 Å². The van der Waals surface area contributed by atoms with E-state index in [1.54, 1.807) is 41.8 Å². The second kappa shape index (κ2) is 9.75. The van der Waals surface area contributed by atoms with Crippen molar-refractivity contribution < 1.29 is 23.5 Å². The molecule has 1 heterocycles. The maximum Gasteiger partial charge on any atom is 0.307 e. The largest absolute Gasteiger partial charge is 0.481 e. The van der Waals surface area contributed by atoms with Gasteiger partial charge in [-0.25, -0.2) is 4.39 Å². The molecule has 0 bridgehead atoms. The van der Waals surface area contributed by atoms with Crippen LogP contribution < -0.4 is 5.32 Å². The minimum absolute atomic E-state index is 0.164. The molecule has 0 spiro atoms. The van der Waals surface area contributed by atoms with Crippen molar-refractivity contribution in [1.29, 1.82) is 0 Å². The number of hydrogen-bond donors (Lipinski definition) is 2. The fraction of sp³-hybridized carbons (Fsp3) is 0.0909. The van der Waals surface area contributed by atoms with Crippen molar-refractivity contribution in [3.63, 3.8) is 0 Å². The molecule has 29 heavy (non-hydrogen) atoms. The molecule has 1 amide bonds. The Balaban J connectivity index is 1.57. The van der Waals surface area contributed by atoms with Gasteiger partial charge in [0, 0.05) is 5.39 Å². The van der Waals surface area contributed by atoms with Gasteiger partial charge < -0.3 is 14.8 Å². The van der Waals surface area contributed by atoms with Gasteiger partial charge >= 0.3 is 5.97 Å². The Morgan fingerprint density at radius 1 is 1.14 bits per heavy atom. The summed E-state index contributed by atoms with van der Waals surface area (Å²) in [5.74, 6) is -1.17. The van der Waals surface area contributed by atoms with Crippen LogP contribution in [0.15, 0.2) is 76.1 Å². The summed E-state index contributed by atoms with van der Waals surface area (Å²) in [4.78, 5) is 23.3. The summed E-state index contributed by atoms with van der Waals surface area (Å²) in [7, 11) is 0. The van der Waals surface area contributed by atoms with Gasteiger partial charge in [0.25, 0.3) is 5.91 Å². The van der Waals surface area contributed by atoms with Crippen LogP contribution in [0.3, 0.4) is 0 Å². The highest BCUT2D eigenvalue weighted by atomic mass is 32.2. The average molecular weight is 411 g/mol. The van der Waals surface area contributed by atoms with Gasteiger partial charge in [-0.05, 0) is 40.8 Å². The number of carboxylic acids is 1. The van der Waals surface area contributed by atoms with Crippen molar-refractivity contribution in [2.75, 3.05) is 5.88 Å². The Kier molecular flexibility index (Phi) is 6.86. The quantitative estimate of drug-likeness (QED) is 0.308. The molecule has 0 aliphatic rings. The molecule has 7 heteroatoms. The molecule has 2 aromatic carbocycles. The highest BCUT2D eigenvalue weighted by Crippen LogP contribution is 2.19. The molecule has 0 atom stereocenters. The molecular weight excluding hydrogens is 393 g/mol. The van der Waals surface area contributed by atoms with Crippen LogP contribution in [0.5, 0.6) is 0 Å². The van der Waals surface area contributed by atoms with Gasteiger partial charge in [0.1, 0.15) is 11.4 Å². The number of carbonyl (C=O) groups is 2. The number of rotatable bonds is 8. The number of thioether (sulfide) groups is 1. The molecule has 1 aromatic heterocycles. The van der Waals surface area contributed by atoms with E-state index in [1.165, 1.54) is 23.9 Å². The fourth-order valence-corrected chi connectivity index (χ4v) is 3.20. The molecule has 148 valence electrons. The van der Waals surface area contributed by atoms with Crippen LogP contribution in [0.25, 0.3) is 17.0 Å². The minimum atomic E-state index is -0.966. The van der Waals surface area contributed by atoms with Crippen LogP contribution in [-0.4, -0.2) is 22.9 Å². The first-order valence-corrected chi connectivity index (χ1v) is 9.79. The Morgan fingerprint density at radius 3 is 2.62 bits per heavy atom. The number of fused-ring (bicyclic) bond motifs is 1. The van der Waals surface area contributed by atoms with Crippen LogP contribution >= 0.6 is 11.8 Å². The predicted molar refractivity (Wildman–Crippen MR) is 112 cm³/mol. The molecule has 3 aromatic rings. The van der Waals surface area contributed by atoms with E-state index < -0.39 is 5.97 Å². The molecule has 0 aliphatic heterocycles. The van der Waals surface area contributed by atoms with Gasteiger partial charge in [0.05, 0.1) is 12.3 Å². The summed E-state index contributed by atoms with van der Waals surface area (Å²) in [5, 5.41) is 14.3. The van der Waals surface area contributed by atoms with E-state index >= 15 is 0 Å². The van der Waals surface area contributed by atoms with Gasteiger partial charge in [-0.1, -0.05) is 42.5 Å². The van der Waals surface area contributed by atoms with Crippen molar-refractivity contribution in [3.05, 3.63) is 88.8 Å². The van der Waals surface area contributed by atoms with Crippen LogP contribution in [0.2, 0.25) is 0 Å². The molecule has 3 rings (SSSR count). The van der Waals surface area contributed by atoms with Crippen LogP contribution in [0.4, 0.5) is 4.39 Å². The lowest BCUT2D eigenvalue weighted by atomic mass is 10.1. The van der Waals surface area contributed by atoms with E-state index in [0.717, 1.165) is 10.9 Å². The Bertz CT molecular complexity index is 1040. The van der Waals surface area contributed by atoms with Crippen molar-refractivity contribution >= 4 is 40.7 Å². The molecule has 0 saturated heterocycles. The van der Waals surface area contributed by atoms with Crippen LogP contribution in [0, 0.1) is 5.82 Å². The van der Waals surface area contributed by atoms with E-state index in [4.69, 9.17) is 9.52 Å². The zero-order valence-corrected chi connectivity index (χ0v) is 16.1. The number of benzene rings is 2. The number of amides is 1. The SMILES string of the molecule is O=C(O)CC(C=Cc1ccc(F)cc1)=CSCNC(=O)c1cc2ccccc2o1. The van der Waals surface area contributed by atoms with E-state index in [9.17, 15) is 14.0 Å². The lowest BCUT2D eigenvalue weighted by molar-refractivity contribution is -0.136. The zero-order valence-electron chi connectivity index (χ0n) is 15.3. The first-order chi connectivity index (χ1) is 14.0. The Labute approximate surface area is 170 Å². The molecule has 2 N–H and O–H groups in total. The van der Waals surface area contributed by atoms with Gasteiger partial charge in [0.15, 0.2) is 5.76 Å². The second-order valence-corrected chi connectivity index (χ2v) is 6.97. The van der Waals surface area contributed by atoms with E-state index in [2.05, 4.69) is 5.32 Å². The standard InChI is InChI=1S/C22H18FNO4S/c23-18-9-7-15(8-10-18)5-6-16(11-21(25)26)13-29-14-24-22(27)20-12-17-3-1-2-4-19(17)28-20/h1-10,12-13H,11,14H2,(H,24,27)(H,25,26). The Hall–Kier alpha value is -3.32. The van der Waals surface area contributed by atoms with Gasteiger partial charge in [-0.2, -0.15) is 0 Å². The van der Waals surface area contributed by atoms with Crippen molar-refractivity contribution in [2.24, 2.45) is 0 Å². The smallest absolute Gasteiger partial charge is 0.307 e. The highest BCUT2D eigenvalue weighted by Gasteiger charge is 2.11. The second-order valence-electron chi connectivity index (χ2n) is 6.11. The number of carbonyl (C=O) groups excluding carboxylic acids is 1. The normalized spacial score (nSPS) is 11.8. The van der Waals surface area contributed by atoms with Crippen LogP contribution in [0.1, 0.15) is 22.5 Å². The van der Waals surface area contributed by atoms with Crippen LogP contribution in [-0.2, 0) is 4.79 Å². The monoisotopic (exact) mass is 411 g/mol. The summed E-state index contributed by atoms with van der Waals surface area (Å²) in [6, 6.07) is 14.9. The van der Waals surface area contributed by atoms with Gasteiger partial charge in [-0.3, -0.25) is 9.59 Å². The topological polar surface area (TPSA) is 79.5 Å². The number of nitrogens with one attached hydrogen (secondary N) is 1. The van der Waals surface area contributed by atoms with E-state index in [0.29, 0.717) is 11.2 Å². The van der Waals surface area contributed by atoms with Gasteiger partial charge in [0.2, 0.25) is 0 Å². The van der Waals surface area contributed by atoms with E-state index in [-0.39, 0.29) is 29.8 Å². The minimum Gasteiger partial charge on any atom is -0.481 e. The first kappa shape index (κ1) is 20.4. The maximum atomic E-state index is 13.0. The third-order valence-electron chi connectivity index (χ3n) is 3.92. The van der Waals surface area contributed by atoms with Crippen molar-refractivity contribution in [2.45, 2.75) is 6.42 Å². The lowest BCUT2D eigenvalue weighted by Crippen LogP contribution is -2.21. The highest BCUT2D eigenvalue weighted by molar-refractivity contribution is 8.02. The lowest BCUT2D eigenvalue weighted by Gasteiger charge is -2.02. The number of furan rings is 1. The summed E-state index contributed by atoms with van der Waals surface area (Å²) in [6.07, 6.45) is 3.21. The average Bonchev–Trinajstić information content (AvgIpc) is 3.14. The van der Waals surface area contributed by atoms with E-state index in [1.807, 2.05) is 18.2 Å². The number of aliphatic carboxylic acids is 1. The molecule has 0 aliphatic carbocycles. The molecule has 0 radical (unpaired) electrons. The Morgan fingerprint density at radius 2 is 1.90 bits per heavy atom. The summed E-state index contributed by atoms with van der Waals surface area (Å²) in [5.41, 5.74) is 1.95. The number of hydrogen-bond acceptors (Lipinski definition) is 4. The molecule has 0 unspecified atom stereocenters. The van der Waals surface area contributed by atoms with Crippen molar-refractivity contribution in [1.82, 2.24) is 5.32 Å². The number of carboxylic acid groups (broad SMARTS) is 1. The summed E-state index contributed by atoms with van der Waals surface area (Å²) >= 11 is 1.26. The zero-order chi connectivity index (χ0) is 20.6. The molecular formula is C22H18FNO4S. The predicted octanol–water partition coefficient (Wildman–Crippen LogP) is 5.06. The van der Waals surface area contributed by atoms with Crippen molar-refractivity contribution in [3.8, 4) is 0 Å². The number of allylic oxidation sites excluding steroid dienone is 1. The molecule has 5 nitrogen and oxygen atoms in total. The molecule has 0 saturated carbocycles. The summed E-state index contributed by atoms with van der Waals surface area (Å²) in [6.45, 7) is 0. The molecule has 0 fully saturated rings. The first-order valence-electron chi connectivity index (χ1n) is 8.74. The maximum absolute atomic E-state index is 13.0. The number of para-hydroxylation sites is 1. The number of halogens is 1. The fourth-order valence-electron chi connectivity index (χ4n) is 2.53. The third kappa shape index (κ3) is 6.08.